The molecule has 1 aromatic heterocycles. The SMILES string of the molecule is O=CCc1c[nH]c2ccccc12.[Na]. The second-order valence-electron chi connectivity index (χ2n) is 2.73. The fraction of sp³-hybridized carbons (Fsp3) is 0.100. The van der Waals surface area contributed by atoms with Crippen molar-refractivity contribution < 1.29 is 4.79 Å². The Morgan fingerprint density at radius 2 is 2.08 bits per heavy atom. The fourth-order valence-corrected chi connectivity index (χ4v) is 1.39. The first-order chi connectivity index (χ1) is 5.92. The Balaban J connectivity index is 0.000000845. The van der Waals surface area contributed by atoms with E-state index in [0.717, 1.165) is 22.8 Å². The average Bonchev–Trinajstić information content (AvgIpc) is 2.50. The van der Waals surface area contributed by atoms with Crippen molar-refractivity contribution >= 4 is 46.7 Å². The van der Waals surface area contributed by atoms with Gasteiger partial charge in [-0.3, -0.25) is 0 Å². The van der Waals surface area contributed by atoms with E-state index in [2.05, 4.69) is 4.98 Å². The number of aromatic amines is 1. The van der Waals surface area contributed by atoms with E-state index in [1.54, 1.807) is 0 Å². The van der Waals surface area contributed by atoms with Crippen LogP contribution in [0.3, 0.4) is 0 Å². The molecule has 1 aromatic carbocycles. The Kier molecular flexibility index (Phi) is 3.72. The normalized spacial score (nSPS) is 9.54. The van der Waals surface area contributed by atoms with Gasteiger partial charge in [-0.05, 0) is 11.6 Å². The molecule has 3 heteroatoms. The predicted octanol–water partition coefficient (Wildman–Crippen LogP) is 1.53. The molecule has 2 aromatic rings. The molecule has 2 rings (SSSR count). The third-order valence-corrected chi connectivity index (χ3v) is 1.98. The van der Waals surface area contributed by atoms with Crippen molar-refractivity contribution in [2.75, 3.05) is 0 Å². The van der Waals surface area contributed by atoms with Crippen LogP contribution >= 0.6 is 0 Å². The van der Waals surface area contributed by atoms with E-state index in [9.17, 15) is 4.79 Å². The summed E-state index contributed by atoms with van der Waals surface area (Å²) >= 11 is 0. The molecule has 0 aliphatic rings. The zero-order valence-corrected chi connectivity index (χ0v) is 9.58. The molecule has 0 aliphatic carbocycles. The van der Waals surface area contributed by atoms with E-state index >= 15 is 0 Å². The number of aromatic nitrogens is 1. The molecule has 13 heavy (non-hydrogen) atoms. The number of aldehydes is 1. The number of fused-ring (bicyclic) bond motifs is 1. The first-order valence-corrected chi connectivity index (χ1v) is 3.90. The van der Waals surface area contributed by atoms with Gasteiger partial charge in [0.15, 0.2) is 0 Å². The molecule has 0 fully saturated rings. The number of carbonyl (C=O) groups is 1. The molecule has 1 radical (unpaired) electrons. The van der Waals surface area contributed by atoms with Crippen molar-refractivity contribution in [3.63, 3.8) is 0 Å². The average molecular weight is 182 g/mol. The van der Waals surface area contributed by atoms with Gasteiger partial charge in [-0.25, -0.2) is 0 Å². The van der Waals surface area contributed by atoms with E-state index in [-0.39, 0.29) is 29.6 Å². The van der Waals surface area contributed by atoms with Crippen LogP contribution in [0.25, 0.3) is 10.9 Å². The van der Waals surface area contributed by atoms with Crippen molar-refractivity contribution in [1.82, 2.24) is 4.98 Å². The maximum absolute atomic E-state index is 10.3. The molecule has 1 N–H and O–H groups in total. The van der Waals surface area contributed by atoms with Gasteiger partial charge in [-0.1, -0.05) is 18.2 Å². The van der Waals surface area contributed by atoms with Crippen LogP contribution in [0.4, 0.5) is 0 Å². The van der Waals surface area contributed by atoms with Gasteiger partial charge in [0.2, 0.25) is 0 Å². The Morgan fingerprint density at radius 1 is 1.31 bits per heavy atom. The third kappa shape index (κ3) is 2.02. The summed E-state index contributed by atoms with van der Waals surface area (Å²) in [5.41, 5.74) is 2.16. The van der Waals surface area contributed by atoms with Crippen LogP contribution in [-0.4, -0.2) is 40.8 Å². The number of benzene rings is 1. The van der Waals surface area contributed by atoms with Crippen LogP contribution in [0, 0.1) is 0 Å². The molecule has 0 saturated heterocycles. The Labute approximate surface area is 98.6 Å². The fourth-order valence-electron chi connectivity index (χ4n) is 1.39. The Bertz CT molecular complexity index is 408. The molecule has 61 valence electrons. The molecule has 0 atom stereocenters. The van der Waals surface area contributed by atoms with Gasteiger partial charge >= 0.3 is 0 Å². The van der Waals surface area contributed by atoms with Gasteiger partial charge in [0.05, 0.1) is 0 Å². The molecule has 2 nitrogen and oxygen atoms in total. The molecule has 0 amide bonds. The van der Waals surface area contributed by atoms with Crippen molar-refractivity contribution in [2.24, 2.45) is 0 Å². The standard InChI is InChI=1S/C10H9NO.Na/c12-6-5-8-7-11-10-4-2-1-3-9(8)10;/h1-4,6-7,11H,5H2;. The van der Waals surface area contributed by atoms with Gasteiger partial charge < -0.3 is 9.78 Å². The zero-order valence-electron chi connectivity index (χ0n) is 7.58. The first kappa shape index (κ1) is 10.5. The van der Waals surface area contributed by atoms with Crippen LogP contribution in [0.2, 0.25) is 0 Å². The Morgan fingerprint density at radius 3 is 2.85 bits per heavy atom. The summed E-state index contributed by atoms with van der Waals surface area (Å²) in [4.78, 5) is 13.4. The quantitative estimate of drug-likeness (QED) is 0.554. The van der Waals surface area contributed by atoms with Crippen LogP contribution in [0.5, 0.6) is 0 Å². The van der Waals surface area contributed by atoms with Gasteiger partial charge in [0.1, 0.15) is 6.29 Å². The summed E-state index contributed by atoms with van der Waals surface area (Å²) in [6.07, 6.45) is 3.30. The number of hydrogen-bond donors (Lipinski definition) is 1. The maximum Gasteiger partial charge on any atom is 0.124 e. The number of H-pyrrole nitrogens is 1. The second-order valence-corrected chi connectivity index (χ2v) is 2.73. The van der Waals surface area contributed by atoms with Gasteiger partial charge in [-0.2, -0.15) is 0 Å². The molecule has 0 aliphatic heterocycles. The largest absolute Gasteiger partial charge is 0.361 e. The summed E-state index contributed by atoms with van der Waals surface area (Å²) in [6, 6.07) is 7.97. The smallest absolute Gasteiger partial charge is 0.124 e. The maximum atomic E-state index is 10.3. The number of nitrogens with one attached hydrogen (secondary N) is 1. The van der Waals surface area contributed by atoms with Crippen LogP contribution < -0.4 is 0 Å². The molecule has 0 saturated carbocycles. The minimum atomic E-state index is 0. The minimum absolute atomic E-state index is 0. The van der Waals surface area contributed by atoms with E-state index in [1.807, 2.05) is 30.5 Å². The molecule has 0 spiro atoms. The summed E-state index contributed by atoms with van der Waals surface area (Å²) in [5.74, 6) is 0. The molecule has 0 unspecified atom stereocenters. The van der Waals surface area contributed by atoms with Crippen molar-refractivity contribution in [3.8, 4) is 0 Å². The third-order valence-electron chi connectivity index (χ3n) is 1.98. The second kappa shape index (κ2) is 4.61. The number of para-hydroxylation sites is 1. The predicted molar refractivity (Wildman–Crippen MR) is 53.8 cm³/mol. The molecule has 1 heterocycles. The minimum Gasteiger partial charge on any atom is -0.361 e. The number of rotatable bonds is 2. The van der Waals surface area contributed by atoms with Crippen LogP contribution in [-0.2, 0) is 11.2 Å². The van der Waals surface area contributed by atoms with Crippen molar-refractivity contribution in [1.29, 1.82) is 0 Å². The topological polar surface area (TPSA) is 32.9 Å². The monoisotopic (exact) mass is 182 g/mol. The van der Waals surface area contributed by atoms with E-state index in [4.69, 9.17) is 0 Å². The van der Waals surface area contributed by atoms with Crippen LogP contribution in [0.1, 0.15) is 5.56 Å². The van der Waals surface area contributed by atoms with Crippen molar-refractivity contribution in [2.45, 2.75) is 6.42 Å². The summed E-state index contributed by atoms with van der Waals surface area (Å²) in [6.45, 7) is 0. The zero-order chi connectivity index (χ0) is 8.39. The molecular weight excluding hydrogens is 173 g/mol. The summed E-state index contributed by atoms with van der Waals surface area (Å²) in [7, 11) is 0. The van der Waals surface area contributed by atoms with E-state index in [0.29, 0.717) is 6.42 Å². The number of hydrogen-bond acceptors (Lipinski definition) is 1. The van der Waals surface area contributed by atoms with E-state index < -0.39 is 0 Å². The molecule has 0 bridgehead atoms. The van der Waals surface area contributed by atoms with Gasteiger partial charge in [-0.15, -0.1) is 0 Å². The number of carbonyl (C=O) groups excluding carboxylic acids is 1. The van der Waals surface area contributed by atoms with Crippen LogP contribution in [0.15, 0.2) is 30.5 Å². The molecular formula is C10H9NNaO. The Hall–Kier alpha value is -0.570. The summed E-state index contributed by atoms with van der Waals surface area (Å²) < 4.78 is 0. The van der Waals surface area contributed by atoms with E-state index in [1.165, 1.54) is 0 Å². The van der Waals surface area contributed by atoms with Crippen molar-refractivity contribution in [3.05, 3.63) is 36.0 Å². The van der Waals surface area contributed by atoms with Gasteiger partial charge in [0.25, 0.3) is 0 Å². The van der Waals surface area contributed by atoms with Gasteiger partial charge in [0, 0.05) is 53.1 Å². The summed E-state index contributed by atoms with van der Waals surface area (Å²) in [5, 5.41) is 1.14. The first-order valence-electron chi connectivity index (χ1n) is 3.90.